The second-order valence-corrected chi connectivity index (χ2v) is 4.69. The fourth-order valence-electron chi connectivity index (χ4n) is 2.29. The van der Waals surface area contributed by atoms with E-state index in [9.17, 15) is 20.0 Å². The van der Waals surface area contributed by atoms with Gasteiger partial charge in [-0.1, -0.05) is 0 Å². The van der Waals surface area contributed by atoms with Crippen LogP contribution < -0.4 is 4.74 Å². The van der Waals surface area contributed by atoms with Crippen molar-refractivity contribution >= 4 is 11.6 Å². The van der Waals surface area contributed by atoms with Crippen molar-refractivity contribution in [2.24, 2.45) is 0 Å². The molecule has 1 aromatic rings. The lowest BCUT2D eigenvalue weighted by Crippen LogP contribution is -2.42. The van der Waals surface area contributed by atoms with Crippen molar-refractivity contribution in [2.75, 3.05) is 20.2 Å². The first-order valence-electron chi connectivity index (χ1n) is 6.32. The van der Waals surface area contributed by atoms with Gasteiger partial charge in [-0.3, -0.25) is 14.9 Å². The zero-order valence-electron chi connectivity index (χ0n) is 11.1. The Morgan fingerprint density at radius 3 is 2.90 bits per heavy atom. The zero-order chi connectivity index (χ0) is 14.7. The molecule has 1 amide bonds. The molecule has 1 atom stereocenters. The summed E-state index contributed by atoms with van der Waals surface area (Å²) < 4.78 is 4.90. The van der Waals surface area contributed by atoms with E-state index in [0.717, 1.165) is 6.42 Å². The summed E-state index contributed by atoms with van der Waals surface area (Å²) in [6.45, 7) is 0.814. The number of hydrogen-bond acceptors (Lipinski definition) is 5. The molecular weight excluding hydrogens is 264 g/mol. The minimum absolute atomic E-state index is 0.116. The zero-order valence-corrected chi connectivity index (χ0v) is 11.1. The minimum Gasteiger partial charge on any atom is -0.490 e. The number of nitrogens with zero attached hydrogens (tertiary/aromatic N) is 2. The number of carbonyl (C=O) groups is 1. The Morgan fingerprint density at radius 1 is 1.55 bits per heavy atom. The first kappa shape index (κ1) is 14.3. The van der Waals surface area contributed by atoms with Gasteiger partial charge in [0, 0.05) is 24.7 Å². The van der Waals surface area contributed by atoms with Gasteiger partial charge in [0.25, 0.3) is 5.91 Å². The van der Waals surface area contributed by atoms with Crippen molar-refractivity contribution < 1.29 is 19.6 Å². The second-order valence-electron chi connectivity index (χ2n) is 4.69. The molecule has 1 N–H and O–H groups in total. The molecule has 0 aliphatic carbocycles. The normalized spacial score (nSPS) is 18.7. The predicted octanol–water partition coefficient (Wildman–Crippen LogP) is 1.20. The van der Waals surface area contributed by atoms with E-state index < -0.39 is 11.0 Å². The lowest BCUT2D eigenvalue weighted by Gasteiger charge is -2.30. The van der Waals surface area contributed by atoms with Crippen LogP contribution in [0, 0.1) is 10.1 Å². The number of β-amino-alcohol motifs (C(OH)–C–C–N with tert-alkyl or cyclic N) is 1. The highest BCUT2D eigenvalue weighted by molar-refractivity contribution is 5.95. The van der Waals surface area contributed by atoms with Gasteiger partial charge in [-0.2, -0.15) is 0 Å². The molecule has 0 radical (unpaired) electrons. The number of piperidine rings is 1. The molecule has 7 nitrogen and oxygen atoms in total. The first-order valence-corrected chi connectivity index (χ1v) is 6.32. The number of ether oxygens (including phenoxy) is 1. The van der Waals surface area contributed by atoms with E-state index in [1.165, 1.54) is 30.2 Å². The molecule has 1 unspecified atom stereocenters. The van der Waals surface area contributed by atoms with Crippen LogP contribution in [0.2, 0.25) is 0 Å². The van der Waals surface area contributed by atoms with E-state index in [1.807, 2.05) is 0 Å². The molecule has 1 saturated heterocycles. The highest BCUT2D eigenvalue weighted by Crippen LogP contribution is 2.28. The Morgan fingerprint density at radius 2 is 2.30 bits per heavy atom. The van der Waals surface area contributed by atoms with Gasteiger partial charge in [0.05, 0.1) is 18.1 Å². The number of rotatable bonds is 3. The van der Waals surface area contributed by atoms with E-state index in [0.29, 0.717) is 13.0 Å². The SMILES string of the molecule is COc1ccc(C(=O)N2CCCC(O)C2)cc1[N+](=O)[O-]. The van der Waals surface area contributed by atoms with Crippen molar-refractivity contribution in [1.29, 1.82) is 0 Å². The molecule has 1 aliphatic rings. The Balaban J connectivity index is 2.26. The molecule has 1 aliphatic heterocycles. The maximum atomic E-state index is 12.3. The number of likely N-dealkylation sites (tertiary alicyclic amines) is 1. The summed E-state index contributed by atoms with van der Waals surface area (Å²) in [6, 6.07) is 4.11. The third-order valence-electron chi connectivity index (χ3n) is 3.31. The van der Waals surface area contributed by atoms with Crippen LogP contribution in [0.25, 0.3) is 0 Å². The second kappa shape index (κ2) is 5.87. The molecule has 1 fully saturated rings. The maximum Gasteiger partial charge on any atom is 0.311 e. The van der Waals surface area contributed by atoms with Gasteiger partial charge in [0.1, 0.15) is 0 Å². The summed E-state index contributed by atoms with van der Waals surface area (Å²) in [4.78, 5) is 24.1. The summed E-state index contributed by atoms with van der Waals surface area (Å²) in [6.07, 6.45) is 0.874. The third kappa shape index (κ3) is 2.88. The number of hydrogen-bond donors (Lipinski definition) is 1. The van der Waals surface area contributed by atoms with Crippen LogP contribution in [0.5, 0.6) is 5.75 Å². The van der Waals surface area contributed by atoms with Crippen LogP contribution in [0.1, 0.15) is 23.2 Å². The summed E-state index contributed by atoms with van der Waals surface area (Å²) in [5, 5.41) is 20.5. The Hall–Kier alpha value is -2.15. The number of nitro groups is 1. The number of methoxy groups -OCH3 is 1. The standard InChI is InChI=1S/C13H16N2O5/c1-20-12-5-4-9(7-11(12)15(18)19)13(17)14-6-2-3-10(16)8-14/h4-5,7,10,16H,2-3,6,8H2,1H3. The lowest BCUT2D eigenvalue weighted by atomic mass is 10.1. The smallest absolute Gasteiger partial charge is 0.311 e. The summed E-state index contributed by atoms with van der Waals surface area (Å²) in [7, 11) is 1.34. The van der Waals surface area contributed by atoms with Gasteiger partial charge >= 0.3 is 5.69 Å². The number of carbonyl (C=O) groups excluding carboxylic acids is 1. The molecule has 2 rings (SSSR count). The van der Waals surface area contributed by atoms with Crippen LogP contribution in [-0.4, -0.2) is 47.1 Å². The number of aliphatic hydroxyl groups excluding tert-OH is 1. The van der Waals surface area contributed by atoms with E-state index in [2.05, 4.69) is 0 Å². The maximum absolute atomic E-state index is 12.3. The van der Waals surface area contributed by atoms with E-state index in [1.54, 1.807) is 0 Å². The molecule has 1 heterocycles. The first-order chi connectivity index (χ1) is 9.52. The molecule has 20 heavy (non-hydrogen) atoms. The molecule has 108 valence electrons. The van der Waals surface area contributed by atoms with Gasteiger partial charge in [-0.25, -0.2) is 0 Å². The lowest BCUT2D eigenvalue weighted by molar-refractivity contribution is -0.385. The third-order valence-corrected chi connectivity index (χ3v) is 3.31. The summed E-state index contributed by atoms with van der Waals surface area (Å²) >= 11 is 0. The number of nitro benzene ring substituents is 1. The average Bonchev–Trinajstić information content (AvgIpc) is 2.45. The van der Waals surface area contributed by atoms with Crippen LogP contribution in [-0.2, 0) is 0 Å². The van der Waals surface area contributed by atoms with Crippen LogP contribution >= 0.6 is 0 Å². The number of benzene rings is 1. The van der Waals surface area contributed by atoms with Crippen molar-refractivity contribution in [1.82, 2.24) is 4.90 Å². The van der Waals surface area contributed by atoms with Crippen LogP contribution in [0.4, 0.5) is 5.69 Å². The highest BCUT2D eigenvalue weighted by Gasteiger charge is 2.25. The van der Waals surface area contributed by atoms with Gasteiger partial charge < -0.3 is 14.7 Å². The summed E-state index contributed by atoms with van der Waals surface area (Å²) in [5.74, 6) is -0.195. The van der Waals surface area contributed by atoms with Gasteiger partial charge in [0.15, 0.2) is 5.75 Å². The quantitative estimate of drug-likeness (QED) is 0.663. The molecule has 0 spiro atoms. The topological polar surface area (TPSA) is 92.9 Å². The van der Waals surface area contributed by atoms with Crippen molar-refractivity contribution in [3.05, 3.63) is 33.9 Å². The van der Waals surface area contributed by atoms with Gasteiger partial charge in [0.2, 0.25) is 0 Å². The fraction of sp³-hybridized carbons (Fsp3) is 0.462. The predicted molar refractivity (Wildman–Crippen MR) is 70.8 cm³/mol. The highest BCUT2D eigenvalue weighted by atomic mass is 16.6. The largest absolute Gasteiger partial charge is 0.490 e. The fourth-order valence-corrected chi connectivity index (χ4v) is 2.29. The number of aliphatic hydroxyl groups is 1. The molecular formula is C13H16N2O5. The van der Waals surface area contributed by atoms with E-state index in [-0.39, 0.29) is 29.5 Å². The summed E-state index contributed by atoms with van der Waals surface area (Å²) in [5.41, 5.74) is -0.0116. The van der Waals surface area contributed by atoms with Crippen molar-refractivity contribution in [2.45, 2.75) is 18.9 Å². The van der Waals surface area contributed by atoms with Crippen molar-refractivity contribution in [3.63, 3.8) is 0 Å². The van der Waals surface area contributed by atoms with Gasteiger partial charge in [-0.05, 0) is 25.0 Å². The van der Waals surface area contributed by atoms with E-state index >= 15 is 0 Å². The van der Waals surface area contributed by atoms with Crippen LogP contribution in [0.3, 0.4) is 0 Å². The van der Waals surface area contributed by atoms with E-state index in [4.69, 9.17) is 4.74 Å². The molecule has 1 aromatic carbocycles. The monoisotopic (exact) mass is 280 g/mol. The molecule has 7 heteroatoms. The van der Waals surface area contributed by atoms with Crippen LogP contribution in [0.15, 0.2) is 18.2 Å². The Kier molecular flexibility index (Phi) is 4.19. The number of amides is 1. The minimum atomic E-state index is -0.583. The Labute approximate surface area is 115 Å². The van der Waals surface area contributed by atoms with Crippen molar-refractivity contribution in [3.8, 4) is 5.75 Å². The Bertz CT molecular complexity index is 531. The average molecular weight is 280 g/mol. The molecule has 0 aromatic heterocycles. The molecule has 0 bridgehead atoms. The molecule has 0 saturated carbocycles. The van der Waals surface area contributed by atoms with Gasteiger partial charge in [-0.15, -0.1) is 0 Å².